The molecule has 15 heavy (non-hydrogen) atoms. The van der Waals surface area contributed by atoms with Crippen LogP contribution in [0.4, 0.5) is 0 Å². The second-order valence-electron chi connectivity index (χ2n) is 4.43. The summed E-state index contributed by atoms with van der Waals surface area (Å²) in [4.78, 5) is 4.24. The highest BCUT2D eigenvalue weighted by atomic mass is 127. The second-order valence-corrected chi connectivity index (χ2v) is 5.95. The Morgan fingerprint density at radius 2 is 2.33 bits per heavy atom. The molecule has 1 aromatic rings. The highest BCUT2D eigenvalue weighted by Crippen LogP contribution is 2.40. The zero-order valence-corrected chi connectivity index (χ0v) is 11.1. The lowest BCUT2D eigenvalue weighted by Gasteiger charge is -2.20. The van der Waals surface area contributed by atoms with E-state index in [0.29, 0.717) is 17.1 Å². The first-order chi connectivity index (χ1) is 7.24. The van der Waals surface area contributed by atoms with E-state index < -0.39 is 0 Å². The monoisotopic (exact) mass is 334 g/mol. The maximum Gasteiger partial charge on any atom is 0.142 e. The van der Waals surface area contributed by atoms with E-state index >= 15 is 0 Å². The molecule has 2 saturated heterocycles. The van der Waals surface area contributed by atoms with E-state index in [4.69, 9.17) is 11.6 Å². The summed E-state index contributed by atoms with van der Waals surface area (Å²) < 4.78 is 1.06. The quantitative estimate of drug-likeness (QED) is 0.631. The first-order valence-corrected chi connectivity index (χ1v) is 6.76. The SMILES string of the molecule is Clc1ncc([C@H]2C[C@@H]3CC[C@H]2N3)cc1I. The van der Waals surface area contributed by atoms with E-state index in [-0.39, 0.29) is 0 Å². The summed E-state index contributed by atoms with van der Waals surface area (Å²) in [7, 11) is 0. The summed E-state index contributed by atoms with van der Waals surface area (Å²) in [5.41, 5.74) is 1.35. The first-order valence-electron chi connectivity index (χ1n) is 5.31. The van der Waals surface area contributed by atoms with Gasteiger partial charge in [-0.2, -0.15) is 0 Å². The van der Waals surface area contributed by atoms with Crippen LogP contribution in [-0.4, -0.2) is 17.1 Å². The molecule has 2 aliphatic rings. The average molecular weight is 335 g/mol. The number of halogens is 2. The number of nitrogens with zero attached hydrogens (tertiary/aromatic N) is 1. The summed E-state index contributed by atoms with van der Waals surface area (Å²) in [6.45, 7) is 0. The Labute approximate surface area is 108 Å². The second kappa shape index (κ2) is 3.86. The molecule has 0 radical (unpaired) electrons. The van der Waals surface area contributed by atoms with Crippen LogP contribution in [0.3, 0.4) is 0 Å². The number of nitrogens with one attached hydrogen (secondary N) is 1. The molecular weight excluding hydrogens is 322 g/mol. The molecule has 4 heteroatoms. The number of rotatable bonds is 1. The third kappa shape index (κ3) is 1.78. The van der Waals surface area contributed by atoms with Crippen LogP contribution in [0, 0.1) is 3.57 Å². The smallest absolute Gasteiger partial charge is 0.142 e. The third-order valence-corrected chi connectivity index (χ3v) is 4.99. The minimum absolute atomic E-state index is 0.621. The largest absolute Gasteiger partial charge is 0.311 e. The van der Waals surface area contributed by atoms with E-state index in [2.05, 4.69) is 39.0 Å². The van der Waals surface area contributed by atoms with Crippen LogP contribution in [0.2, 0.25) is 5.15 Å². The number of hydrogen-bond acceptors (Lipinski definition) is 2. The summed E-state index contributed by atoms with van der Waals surface area (Å²) >= 11 is 8.18. The van der Waals surface area contributed by atoms with Crippen molar-refractivity contribution < 1.29 is 0 Å². The molecule has 2 aliphatic heterocycles. The molecule has 80 valence electrons. The van der Waals surface area contributed by atoms with E-state index in [1.807, 2.05) is 6.20 Å². The van der Waals surface area contributed by atoms with Gasteiger partial charge in [0.1, 0.15) is 5.15 Å². The van der Waals surface area contributed by atoms with Crippen LogP contribution in [-0.2, 0) is 0 Å². The van der Waals surface area contributed by atoms with Gasteiger partial charge in [-0.15, -0.1) is 0 Å². The normalized spacial score (nSPS) is 33.6. The van der Waals surface area contributed by atoms with Crippen LogP contribution in [0.15, 0.2) is 12.3 Å². The summed E-state index contributed by atoms with van der Waals surface area (Å²) in [5, 5.41) is 4.27. The van der Waals surface area contributed by atoms with Crippen LogP contribution >= 0.6 is 34.2 Å². The molecule has 0 spiro atoms. The summed E-state index contributed by atoms with van der Waals surface area (Å²) in [6.07, 6.45) is 5.87. The van der Waals surface area contributed by atoms with Crippen molar-refractivity contribution in [3.63, 3.8) is 0 Å². The Hall–Kier alpha value is 0.130. The molecule has 3 atom stereocenters. The van der Waals surface area contributed by atoms with E-state index in [1.54, 1.807) is 0 Å². The standard InChI is InChI=1S/C11H12ClIN2/c12-11-9(13)3-6(5-14-11)8-4-7-1-2-10(8)15-7/h3,5,7-8,10,15H,1-2,4H2/t7-,8+,10+/m0/s1. The van der Waals surface area contributed by atoms with E-state index in [1.165, 1.54) is 24.8 Å². The average Bonchev–Trinajstić information content (AvgIpc) is 2.83. The van der Waals surface area contributed by atoms with Crippen LogP contribution in [0.5, 0.6) is 0 Å². The van der Waals surface area contributed by atoms with Gasteiger partial charge in [-0.05, 0) is 53.5 Å². The molecule has 0 unspecified atom stereocenters. The van der Waals surface area contributed by atoms with Crippen molar-refractivity contribution in [2.24, 2.45) is 0 Å². The molecule has 2 nitrogen and oxygen atoms in total. The van der Waals surface area contributed by atoms with Gasteiger partial charge in [0, 0.05) is 24.2 Å². The highest BCUT2D eigenvalue weighted by Gasteiger charge is 2.39. The zero-order valence-electron chi connectivity index (χ0n) is 8.21. The van der Waals surface area contributed by atoms with Crippen molar-refractivity contribution in [1.29, 1.82) is 0 Å². The molecule has 2 bridgehead atoms. The minimum Gasteiger partial charge on any atom is -0.311 e. The Kier molecular flexibility index (Phi) is 2.65. The number of fused-ring (bicyclic) bond motifs is 2. The highest BCUT2D eigenvalue weighted by molar-refractivity contribution is 14.1. The molecule has 3 heterocycles. The van der Waals surface area contributed by atoms with Gasteiger partial charge in [0.15, 0.2) is 0 Å². The van der Waals surface area contributed by atoms with E-state index in [0.717, 1.165) is 9.61 Å². The van der Waals surface area contributed by atoms with Crippen LogP contribution < -0.4 is 5.32 Å². The molecule has 0 amide bonds. The zero-order chi connectivity index (χ0) is 10.4. The molecule has 3 rings (SSSR count). The molecule has 2 fully saturated rings. The Morgan fingerprint density at radius 1 is 1.47 bits per heavy atom. The van der Waals surface area contributed by atoms with Gasteiger partial charge in [0.05, 0.1) is 3.57 Å². The van der Waals surface area contributed by atoms with Gasteiger partial charge >= 0.3 is 0 Å². The fraction of sp³-hybridized carbons (Fsp3) is 0.545. The number of aromatic nitrogens is 1. The van der Waals surface area contributed by atoms with Crippen LogP contribution in [0.1, 0.15) is 30.7 Å². The van der Waals surface area contributed by atoms with Crippen molar-refractivity contribution >= 4 is 34.2 Å². The van der Waals surface area contributed by atoms with Crippen LogP contribution in [0.25, 0.3) is 0 Å². The van der Waals surface area contributed by atoms with Crippen molar-refractivity contribution in [2.45, 2.75) is 37.3 Å². The summed E-state index contributed by atoms with van der Waals surface area (Å²) in [5.74, 6) is 0.655. The molecule has 0 saturated carbocycles. The third-order valence-electron chi connectivity index (χ3n) is 3.55. The lowest BCUT2D eigenvalue weighted by molar-refractivity contribution is 0.505. The van der Waals surface area contributed by atoms with Gasteiger partial charge in [0.25, 0.3) is 0 Å². The minimum atomic E-state index is 0.621. The lowest BCUT2D eigenvalue weighted by Crippen LogP contribution is -2.21. The van der Waals surface area contributed by atoms with Gasteiger partial charge in [-0.3, -0.25) is 0 Å². The van der Waals surface area contributed by atoms with Crippen molar-refractivity contribution in [3.8, 4) is 0 Å². The molecule has 0 aliphatic carbocycles. The van der Waals surface area contributed by atoms with Crippen molar-refractivity contribution in [3.05, 3.63) is 26.5 Å². The Bertz CT molecular complexity index is 396. The predicted octanol–water partition coefficient (Wildman–Crippen LogP) is 2.95. The first kappa shape index (κ1) is 10.3. The number of pyridine rings is 1. The molecule has 1 N–H and O–H groups in total. The lowest BCUT2D eigenvalue weighted by atomic mass is 9.85. The fourth-order valence-corrected chi connectivity index (χ4v) is 3.43. The fourth-order valence-electron chi connectivity index (χ4n) is 2.83. The topological polar surface area (TPSA) is 24.9 Å². The number of hydrogen-bond donors (Lipinski definition) is 1. The van der Waals surface area contributed by atoms with E-state index in [9.17, 15) is 0 Å². The molecule has 1 aromatic heterocycles. The Morgan fingerprint density at radius 3 is 2.93 bits per heavy atom. The van der Waals surface area contributed by atoms with Gasteiger partial charge in [-0.25, -0.2) is 4.98 Å². The Balaban J connectivity index is 1.90. The maximum atomic E-state index is 5.93. The van der Waals surface area contributed by atoms with Gasteiger partial charge in [0.2, 0.25) is 0 Å². The molecular formula is C11H12ClIN2. The van der Waals surface area contributed by atoms with Gasteiger partial charge in [-0.1, -0.05) is 11.6 Å². The summed E-state index contributed by atoms with van der Waals surface area (Å²) in [6, 6.07) is 3.60. The van der Waals surface area contributed by atoms with Crippen molar-refractivity contribution in [1.82, 2.24) is 10.3 Å². The predicted molar refractivity (Wildman–Crippen MR) is 69.3 cm³/mol. The maximum absolute atomic E-state index is 5.93. The molecule has 0 aromatic carbocycles. The van der Waals surface area contributed by atoms with Gasteiger partial charge < -0.3 is 5.32 Å². The van der Waals surface area contributed by atoms with Crippen molar-refractivity contribution in [2.75, 3.05) is 0 Å².